The van der Waals surface area contributed by atoms with E-state index in [1.807, 2.05) is 0 Å². The fourth-order valence-electron chi connectivity index (χ4n) is 3.78. The van der Waals surface area contributed by atoms with Gasteiger partial charge in [-0.05, 0) is 50.5 Å². The minimum Gasteiger partial charge on any atom is -0.481 e. The number of nitrogens with zero attached hydrogens (tertiary/aromatic N) is 2. The first-order valence-corrected chi connectivity index (χ1v) is 8.80. The van der Waals surface area contributed by atoms with Gasteiger partial charge in [0.15, 0.2) is 0 Å². The average Bonchev–Trinajstić information content (AvgIpc) is 2.98. The summed E-state index contributed by atoms with van der Waals surface area (Å²) >= 11 is 0. The maximum Gasteiger partial charge on any atom is 0.311 e. The van der Waals surface area contributed by atoms with E-state index >= 15 is 0 Å². The predicted molar refractivity (Wildman–Crippen MR) is 93.2 cm³/mol. The Morgan fingerprint density at radius 3 is 2.73 bits per heavy atom. The highest BCUT2D eigenvalue weighted by atomic mass is 19.1. The van der Waals surface area contributed by atoms with Gasteiger partial charge in [-0.1, -0.05) is 0 Å². The van der Waals surface area contributed by atoms with Gasteiger partial charge in [0.25, 0.3) is 0 Å². The Bertz CT molecular complexity index is 766. The van der Waals surface area contributed by atoms with Crippen LogP contribution in [0.5, 0.6) is 0 Å². The summed E-state index contributed by atoms with van der Waals surface area (Å²) in [6.07, 6.45) is 1.27. The largest absolute Gasteiger partial charge is 0.481 e. The van der Waals surface area contributed by atoms with Gasteiger partial charge in [-0.2, -0.15) is 0 Å². The summed E-state index contributed by atoms with van der Waals surface area (Å²) in [5, 5.41) is 9.41. The second kappa shape index (κ2) is 6.70. The van der Waals surface area contributed by atoms with E-state index in [-0.39, 0.29) is 37.1 Å². The molecule has 140 valence electrons. The molecular weight excluding hydrogens is 339 g/mol. The minimum absolute atomic E-state index is 0.0928. The highest BCUT2D eigenvalue weighted by molar-refractivity contribution is 6.00. The van der Waals surface area contributed by atoms with Crippen LogP contribution in [0.1, 0.15) is 31.7 Å². The summed E-state index contributed by atoms with van der Waals surface area (Å²) in [6.45, 7) is 4.21. The Morgan fingerprint density at radius 1 is 1.35 bits per heavy atom. The van der Waals surface area contributed by atoms with Crippen molar-refractivity contribution in [3.63, 3.8) is 0 Å². The van der Waals surface area contributed by atoms with Gasteiger partial charge < -0.3 is 14.9 Å². The molecule has 1 N–H and O–H groups in total. The molecular formula is C19H23FN2O4. The van der Waals surface area contributed by atoms with Crippen LogP contribution >= 0.6 is 0 Å². The van der Waals surface area contributed by atoms with Crippen LogP contribution in [0.25, 0.3) is 0 Å². The molecule has 0 radical (unpaired) electrons. The molecule has 26 heavy (non-hydrogen) atoms. The van der Waals surface area contributed by atoms with Gasteiger partial charge in [-0.15, -0.1) is 0 Å². The van der Waals surface area contributed by atoms with E-state index in [1.165, 1.54) is 17.0 Å². The number of hydrogen-bond donors (Lipinski definition) is 1. The number of anilines is 1. The lowest BCUT2D eigenvalue weighted by Crippen LogP contribution is -2.50. The number of carbonyl (C=O) groups is 3. The molecule has 0 bridgehead atoms. The van der Waals surface area contributed by atoms with Crippen LogP contribution < -0.4 is 4.90 Å². The van der Waals surface area contributed by atoms with E-state index < -0.39 is 17.3 Å². The van der Waals surface area contributed by atoms with Crippen LogP contribution in [-0.2, 0) is 14.4 Å². The summed E-state index contributed by atoms with van der Waals surface area (Å²) < 4.78 is 13.5. The number of carboxylic acids is 1. The molecule has 3 rings (SSSR count). The fraction of sp³-hybridized carbons (Fsp3) is 0.526. The zero-order chi connectivity index (χ0) is 19.1. The lowest BCUT2D eigenvalue weighted by atomic mass is 9.81. The average molecular weight is 362 g/mol. The Balaban J connectivity index is 1.72. The van der Waals surface area contributed by atoms with Crippen LogP contribution in [0.2, 0.25) is 0 Å². The van der Waals surface area contributed by atoms with Crippen molar-refractivity contribution in [1.29, 1.82) is 0 Å². The lowest BCUT2D eigenvalue weighted by Gasteiger charge is -2.38. The summed E-state index contributed by atoms with van der Waals surface area (Å²) in [5.74, 6) is -2.08. The van der Waals surface area contributed by atoms with Crippen molar-refractivity contribution in [2.75, 3.05) is 24.5 Å². The molecule has 2 atom stereocenters. The third-order valence-corrected chi connectivity index (χ3v) is 5.45. The SMILES string of the molecule is Cc1cc(N2CC(C(=O)N3CCCC(C)(C(=O)O)C3)CC2=O)ccc1F. The highest BCUT2D eigenvalue weighted by Gasteiger charge is 2.43. The molecule has 2 amide bonds. The number of benzene rings is 1. The maximum absolute atomic E-state index is 13.5. The van der Waals surface area contributed by atoms with E-state index in [0.717, 1.165) is 0 Å². The third-order valence-electron chi connectivity index (χ3n) is 5.45. The van der Waals surface area contributed by atoms with Crippen LogP contribution in [0.3, 0.4) is 0 Å². The lowest BCUT2D eigenvalue weighted by molar-refractivity contribution is -0.154. The molecule has 7 heteroatoms. The first-order chi connectivity index (χ1) is 12.2. The van der Waals surface area contributed by atoms with Crippen molar-refractivity contribution in [2.24, 2.45) is 11.3 Å². The molecule has 6 nitrogen and oxygen atoms in total. The van der Waals surface area contributed by atoms with Crippen LogP contribution in [-0.4, -0.2) is 47.4 Å². The number of amides is 2. The van der Waals surface area contributed by atoms with Gasteiger partial charge in [0.1, 0.15) is 5.82 Å². The van der Waals surface area contributed by atoms with E-state index in [9.17, 15) is 23.9 Å². The van der Waals surface area contributed by atoms with Crippen molar-refractivity contribution >= 4 is 23.5 Å². The van der Waals surface area contributed by atoms with Gasteiger partial charge in [0.2, 0.25) is 11.8 Å². The molecule has 2 aliphatic heterocycles. The second-order valence-corrected chi connectivity index (χ2v) is 7.57. The number of carboxylic acid groups (broad SMARTS) is 1. The van der Waals surface area contributed by atoms with Crippen LogP contribution in [0.4, 0.5) is 10.1 Å². The molecule has 2 fully saturated rings. The number of piperidine rings is 1. The topological polar surface area (TPSA) is 77.9 Å². The third kappa shape index (κ3) is 3.30. The summed E-state index contributed by atoms with van der Waals surface area (Å²) in [7, 11) is 0. The Labute approximate surface area is 151 Å². The molecule has 0 saturated carbocycles. The molecule has 2 aliphatic rings. The summed E-state index contributed by atoms with van der Waals surface area (Å²) in [6, 6.07) is 4.45. The monoisotopic (exact) mass is 362 g/mol. The number of aryl methyl sites for hydroxylation is 1. The number of halogens is 1. The standard InChI is InChI=1S/C19H23FN2O4/c1-12-8-14(4-5-15(12)20)22-10-13(9-16(22)23)17(24)21-7-3-6-19(2,11-21)18(25)26/h4-5,8,13H,3,6-7,9-11H2,1-2H3,(H,25,26). The Morgan fingerprint density at radius 2 is 2.08 bits per heavy atom. The zero-order valence-electron chi connectivity index (χ0n) is 15.0. The molecule has 1 aromatic rings. The van der Waals surface area contributed by atoms with E-state index in [1.54, 1.807) is 24.8 Å². The van der Waals surface area contributed by atoms with E-state index in [0.29, 0.717) is 30.6 Å². The van der Waals surface area contributed by atoms with Crippen LogP contribution in [0, 0.1) is 24.1 Å². The van der Waals surface area contributed by atoms with Crippen molar-refractivity contribution in [1.82, 2.24) is 4.90 Å². The molecule has 1 aromatic carbocycles. The van der Waals surface area contributed by atoms with Gasteiger partial charge in [0.05, 0.1) is 11.3 Å². The van der Waals surface area contributed by atoms with Gasteiger partial charge in [0, 0.05) is 31.7 Å². The predicted octanol–water partition coefficient (Wildman–Crippen LogP) is 2.20. The Kier molecular flexibility index (Phi) is 4.73. The van der Waals surface area contributed by atoms with E-state index in [4.69, 9.17) is 0 Å². The van der Waals surface area contributed by atoms with Crippen molar-refractivity contribution in [3.05, 3.63) is 29.6 Å². The highest BCUT2D eigenvalue weighted by Crippen LogP contribution is 2.33. The molecule has 2 unspecified atom stereocenters. The summed E-state index contributed by atoms with van der Waals surface area (Å²) in [5.41, 5.74) is 0.0844. The maximum atomic E-state index is 13.5. The van der Waals surface area contributed by atoms with Gasteiger partial charge in [-0.25, -0.2) is 4.39 Å². The Hall–Kier alpha value is -2.44. The smallest absolute Gasteiger partial charge is 0.311 e. The summed E-state index contributed by atoms with van der Waals surface area (Å²) in [4.78, 5) is 39.8. The number of hydrogen-bond acceptors (Lipinski definition) is 3. The fourth-order valence-corrected chi connectivity index (χ4v) is 3.78. The van der Waals surface area contributed by atoms with Crippen LogP contribution in [0.15, 0.2) is 18.2 Å². The van der Waals surface area contributed by atoms with E-state index in [2.05, 4.69) is 0 Å². The number of likely N-dealkylation sites (tertiary alicyclic amines) is 1. The van der Waals surface area contributed by atoms with Crippen molar-refractivity contribution in [2.45, 2.75) is 33.1 Å². The molecule has 2 heterocycles. The van der Waals surface area contributed by atoms with Gasteiger partial charge >= 0.3 is 5.97 Å². The quantitative estimate of drug-likeness (QED) is 0.894. The molecule has 0 spiro atoms. The first-order valence-electron chi connectivity index (χ1n) is 8.80. The minimum atomic E-state index is -0.940. The molecule has 0 aromatic heterocycles. The first kappa shape index (κ1) is 18.4. The number of carbonyl (C=O) groups excluding carboxylic acids is 2. The number of aliphatic carboxylic acids is 1. The normalized spacial score (nSPS) is 26.3. The van der Waals surface area contributed by atoms with Crippen molar-refractivity contribution < 1.29 is 23.9 Å². The number of rotatable bonds is 3. The molecule has 2 saturated heterocycles. The van der Waals surface area contributed by atoms with Gasteiger partial charge in [-0.3, -0.25) is 14.4 Å². The molecule has 0 aliphatic carbocycles. The second-order valence-electron chi connectivity index (χ2n) is 7.57. The van der Waals surface area contributed by atoms with Crippen molar-refractivity contribution in [3.8, 4) is 0 Å². The zero-order valence-corrected chi connectivity index (χ0v) is 15.0.